The molecule has 0 saturated heterocycles. The maximum absolute atomic E-state index is 12.7. The smallest absolute Gasteiger partial charge is 0.315 e. The van der Waals surface area contributed by atoms with Gasteiger partial charge in [0.15, 0.2) is 0 Å². The molecule has 30 heavy (non-hydrogen) atoms. The predicted molar refractivity (Wildman–Crippen MR) is 117 cm³/mol. The van der Waals surface area contributed by atoms with E-state index in [0.29, 0.717) is 24.7 Å². The largest absolute Gasteiger partial charge is 0.466 e. The van der Waals surface area contributed by atoms with Crippen molar-refractivity contribution in [2.24, 2.45) is 0 Å². The fourth-order valence-electron chi connectivity index (χ4n) is 4.07. The zero-order valence-electron chi connectivity index (χ0n) is 17.5. The van der Waals surface area contributed by atoms with E-state index >= 15 is 0 Å². The van der Waals surface area contributed by atoms with Crippen LogP contribution < -0.4 is 10.6 Å². The highest BCUT2D eigenvalue weighted by molar-refractivity contribution is 6.30. The minimum absolute atomic E-state index is 0.223. The third kappa shape index (κ3) is 6.26. The second-order valence-electron chi connectivity index (χ2n) is 7.88. The van der Waals surface area contributed by atoms with E-state index < -0.39 is 5.54 Å². The summed E-state index contributed by atoms with van der Waals surface area (Å²) in [5.41, 5.74) is 1.62. The minimum atomic E-state index is -0.514. The summed E-state index contributed by atoms with van der Waals surface area (Å²) in [6.07, 6.45) is 6.95. The van der Waals surface area contributed by atoms with Gasteiger partial charge in [0.1, 0.15) is 0 Å². The molecule has 3 rings (SSSR count). The van der Waals surface area contributed by atoms with Crippen LogP contribution in [0.5, 0.6) is 0 Å². The molecule has 7 heteroatoms. The van der Waals surface area contributed by atoms with Crippen LogP contribution in [0.4, 0.5) is 4.79 Å². The van der Waals surface area contributed by atoms with Crippen molar-refractivity contribution in [1.29, 1.82) is 0 Å². The standard InChI is InChI=1S/C23H30ClN3O3/c1-2-30-21(28)15-23(12-4-3-5-13-23)26-22(29)25-16-20-7-6-14-27(20)17-18-8-10-19(24)11-9-18/h6-11,14H,2-5,12-13,15-17H2,1H3,(H2,25,26,29). The average molecular weight is 432 g/mol. The lowest BCUT2D eigenvalue weighted by atomic mass is 9.79. The van der Waals surface area contributed by atoms with Crippen molar-refractivity contribution in [1.82, 2.24) is 15.2 Å². The Morgan fingerprint density at radius 2 is 1.87 bits per heavy atom. The van der Waals surface area contributed by atoms with Crippen molar-refractivity contribution < 1.29 is 14.3 Å². The molecule has 0 unspecified atom stereocenters. The van der Waals surface area contributed by atoms with Gasteiger partial charge >= 0.3 is 12.0 Å². The molecular formula is C23H30ClN3O3. The number of esters is 1. The van der Waals surface area contributed by atoms with Crippen LogP contribution in [0, 0.1) is 0 Å². The van der Waals surface area contributed by atoms with Crippen molar-refractivity contribution in [3.63, 3.8) is 0 Å². The quantitative estimate of drug-likeness (QED) is 0.598. The molecule has 1 aliphatic rings. The van der Waals surface area contributed by atoms with Gasteiger partial charge in [-0.15, -0.1) is 0 Å². The van der Waals surface area contributed by atoms with Crippen molar-refractivity contribution in [2.75, 3.05) is 6.61 Å². The average Bonchev–Trinajstić information content (AvgIpc) is 3.16. The number of amides is 2. The number of ether oxygens (including phenoxy) is 1. The second kappa shape index (κ2) is 10.5. The zero-order valence-corrected chi connectivity index (χ0v) is 18.2. The molecular weight excluding hydrogens is 402 g/mol. The summed E-state index contributed by atoms with van der Waals surface area (Å²) in [6, 6.07) is 11.4. The molecule has 2 aromatic rings. The maximum atomic E-state index is 12.7. The number of nitrogens with zero attached hydrogens (tertiary/aromatic N) is 1. The van der Waals surface area contributed by atoms with E-state index in [2.05, 4.69) is 15.2 Å². The Balaban J connectivity index is 1.57. The summed E-state index contributed by atoms with van der Waals surface area (Å²) in [4.78, 5) is 24.7. The number of carbonyl (C=O) groups is 2. The van der Waals surface area contributed by atoms with Crippen molar-refractivity contribution in [3.8, 4) is 0 Å². The molecule has 1 aliphatic carbocycles. The molecule has 0 atom stereocenters. The van der Waals surface area contributed by atoms with Crippen LogP contribution >= 0.6 is 11.6 Å². The molecule has 6 nitrogen and oxygen atoms in total. The predicted octanol–water partition coefficient (Wildman–Crippen LogP) is 4.65. The Labute approximate surface area is 182 Å². The summed E-state index contributed by atoms with van der Waals surface area (Å²) >= 11 is 5.96. The van der Waals surface area contributed by atoms with Crippen LogP contribution in [-0.2, 0) is 22.6 Å². The first-order chi connectivity index (χ1) is 14.5. The topological polar surface area (TPSA) is 72.4 Å². The summed E-state index contributed by atoms with van der Waals surface area (Å²) in [6.45, 7) is 3.26. The third-order valence-electron chi connectivity index (χ3n) is 5.60. The van der Waals surface area contributed by atoms with E-state index in [1.165, 1.54) is 0 Å². The highest BCUT2D eigenvalue weighted by atomic mass is 35.5. The molecule has 0 aliphatic heterocycles. The minimum Gasteiger partial charge on any atom is -0.466 e. The summed E-state index contributed by atoms with van der Waals surface area (Å²) < 4.78 is 7.22. The molecule has 1 saturated carbocycles. The number of nitrogens with one attached hydrogen (secondary N) is 2. The number of benzene rings is 1. The fraction of sp³-hybridized carbons (Fsp3) is 0.478. The van der Waals surface area contributed by atoms with Gasteiger partial charge in [0.2, 0.25) is 0 Å². The van der Waals surface area contributed by atoms with Crippen LogP contribution in [0.25, 0.3) is 0 Å². The van der Waals surface area contributed by atoms with E-state index in [-0.39, 0.29) is 18.4 Å². The monoisotopic (exact) mass is 431 g/mol. The van der Waals surface area contributed by atoms with E-state index in [1.807, 2.05) is 42.6 Å². The number of hydrogen-bond acceptors (Lipinski definition) is 3. The summed E-state index contributed by atoms with van der Waals surface area (Å²) in [5, 5.41) is 6.75. The van der Waals surface area contributed by atoms with Gasteiger partial charge in [0.25, 0.3) is 0 Å². The van der Waals surface area contributed by atoms with Crippen molar-refractivity contribution >= 4 is 23.6 Å². The number of rotatable bonds is 8. The first kappa shape index (κ1) is 22.2. The lowest BCUT2D eigenvalue weighted by Crippen LogP contribution is -2.54. The normalized spacial score (nSPS) is 15.4. The van der Waals surface area contributed by atoms with Crippen molar-refractivity contribution in [3.05, 3.63) is 58.9 Å². The lowest BCUT2D eigenvalue weighted by molar-refractivity contribution is -0.145. The lowest BCUT2D eigenvalue weighted by Gasteiger charge is -2.37. The second-order valence-corrected chi connectivity index (χ2v) is 8.32. The molecule has 0 radical (unpaired) electrons. The van der Waals surface area contributed by atoms with Gasteiger partial charge in [0.05, 0.1) is 25.1 Å². The highest BCUT2D eigenvalue weighted by Crippen LogP contribution is 2.31. The van der Waals surface area contributed by atoms with Gasteiger partial charge < -0.3 is 19.9 Å². The molecule has 1 aromatic heterocycles. The number of hydrogen-bond donors (Lipinski definition) is 2. The van der Waals surface area contributed by atoms with Crippen molar-refractivity contribution in [2.45, 2.75) is 64.1 Å². The molecule has 1 fully saturated rings. The first-order valence-corrected chi connectivity index (χ1v) is 11.0. The number of urea groups is 1. The van der Waals surface area contributed by atoms with Crippen LogP contribution in [0.3, 0.4) is 0 Å². The van der Waals surface area contributed by atoms with E-state index in [0.717, 1.165) is 43.4 Å². The maximum Gasteiger partial charge on any atom is 0.315 e. The Kier molecular flexibility index (Phi) is 7.80. The summed E-state index contributed by atoms with van der Waals surface area (Å²) in [7, 11) is 0. The Bertz CT molecular complexity index is 842. The van der Waals surface area contributed by atoms with Gasteiger partial charge in [-0.05, 0) is 49.6 Å². The Hall–Kier alpha value is -2.47. The number of carbonyl (C=O) groups excluding carboxylic acids is 2. The molecule has 0 spiro atoms. The zero-order chi connectivity index (χ0) is 21.4. The van der Waals surface area contributed by atoms with Gasteiger partial charge in [-0.1, -0.05) is 43.0 Å². The first-order valence-electron chi connectivity index (χ1n) is 10.6. The van der Waals surface area contributed by atoms with Gasteiger partial charge in [-0.3, -0.25) is 4.79 Å². The van der Waals surface area contributed by atoms with E-state index in [9.17, 15) is 9.59 Å². The number of halogens is 1. The van der Waals surface area contributed by atoms with Gasteiger partial charge in [-0.2, -0.15) is 0 Å². The SMILES string of the molecule is CCOC(=O)CC1(NC(=O)NCc2cccn2Cc2ccc(Cl)cc2)CCCCC1. The molecule has 1 aromatic carbocycles. The summed E-state index contributed by atoms with van der Waals surface area (Å²) in [5.74, 6) is -0.253. The molecule has 2 amide bonds. The van der Waals surface area contributed by atoms with Crippen LogP contribution in [-0.4, -0.2) is 28.7 Å². The third-order valence-corrected chi connectivity index (χ3v) is 5.85. The Morgan fingerprint density at radius 1 is 1.13 bits per heavy atom. The van der Waals surface area contributed by atoms with E-state index in [1.54, 1.807) is 6.92 Å². The van der Waals surface area contributed by atoms with Crippen LogP contribution in [0.2, 0.25) is 5.02 Å². The Morgan fingerprint density at radius 3 is 2.57 bits per heavy atom. The fourth-order valence-corrected chi connectivity index (χ4v) is 4.20. The van der Waals surface area contributed by atoms with Crippen LogP contribution in [0.15, 0.2) is 42.6 Å². The number of aromatic nitrogens is 1. The highest BCUT2D eigenvalue weighted by Gasteiger charge is 2.36. The van der Waals surface area contributed by atoms with Crippen LogP contribution in [0.1, 0.15) is 56.7 Å². The molecule has 162 valence electrons. The molecule has 1 heterocycles. The molecule has 0 bridgehead atoms. The molecule has 2 N–H and O–H groups in total. The van der Waals surface area contributed by atoms with Gasteiger partial charge in [-0.25, -0.2) is 4.79 Å². The van der Waals surface area contributed by atoms with Gasteiger partial charge in [0, 0.05) is 23.5 Å². The van der Waals surface area contributed by atoms with E-state index in [4.69, 9.17) is 16.3 Å².